The minimum atomic E-state index is -1.17. The highest BCUT2D eigenvalue weighted by molar-refractivity contribution is 5.85. The van der Waals surface area contributed by atoms with E-state index >= 15 is 0 Å². The molecule has 2 saturated heterocycles. The zero-order valence-electron chi connectivity index (χ0n) is 16.7. The summed E-state index contributed by atoms with van der Waals surface area (Å²) in [6, 6.07) is 8.88. The fraction of sp³-hybridized carbons (Fsp3) is 0.591. The topological polar surface area (TPSA) is 87.2 Å². The lowest BCUT2D eigenvalue weighted by Crippen LogP contribution is -2.53. The summed E-state index contributed by atoms with van der Waals surface area (Å²) < 4.78 is 4.86. The van der Waals surface area contributed by atoms with Crippen LogP contribution >= 0.6 is 0 Å². The number of nitrogens with zero attached hydrogens (tertiary/aromatic N) is 2. The summed E-state index contributed by atoms with van der Waals surface area (Å²) in [5.74, 6) is -0.758. The number of carbonyl (C=O) groups is 3. The summed E-state index contributed by atoms with van der Waals surface area (Å²) in [7, 11) is 1.39. The van der Waals surface area contributed by atoms with Gasteiger partial charge in [0.1, 0.15) is 0 Å². The first-order chi connectivity index (χ1) is 14.0. The molecule has 29 heavy (non-hydrogen) atoms. The number of fused-ring (bicyclic) bond motifs is 2. The quantitative estimate of drug-likeness (QED) is 0.775. The van der Waals surface area contributed by atoms with Crippen molar-refractivity contribution in [3.63, 3.8) is 0 Å². The van der Waals surface area contributed by atoms with Crippen LogP contribution in [0.3, 0.4) is 0 Å². The lowest BCUT2D eigenvalue weighted by molar-refractivity contribution is -0.151. The van der Waals surface area contributed by atoms with Gasteiger partial charge in [-0.05, 0) is 31.2 Å². The third-order valence-corrected chi connectivity index (χ3v) is 6.71. The lowest BCUT2D eigenvalue weighted by Gasteiger charge is -2.38. The minimum absolute atomic E-state index is 0.00192. The van der Waals surface area contributed by atoms with Gasteiger partial charge in [0.25, 0.3) is 5.91 Å². The summed E-state index contributed by atoms with van der Waals surface area (Å²) >= 11 is 0. The maximum atomic E-state index is 13.1. The molecule has 0 radical (unpaired) electrons. The molecule has 0 spiro atoms. The third-order valence-electron chi connectivity index (χ3n) is 6.71. The van der Waals surface area contributed by atoms with Crippen molar-refractivity contribution in [3.8, 4) is 0 Å². The van der Waals surface area contributed by atoms with Crippen LogP contribution in [0, 0.1) is 11.8 Å². The van der Waals surface area contributed by atoms with Gasteiger partial charge >= 0.3 is 5.97 Å². The monoisotopic (exact) mass is 400 g/mol. The van der Waals surface area contributed by atoms with Gasteiger partial charge in [-0.15, -0.1) is 0 Å². The number of piperazine rings is 1. The van der Waals surface area contributed by atoms with Gasteiger partial charge < -0.3 is 19.6 Å². The second-order valence-electron chi connectivity index (χ2n) is 8.42. The first kappa shape index (κ1) is 19.9. The molecule has 2 aliphatic heterocycles. The summed E-state index contributed by atoms with van der Waals surface area (Å²) in [4.78, 5) is 41.4. The first-order valence-corrected chi connectivity index (χ1v) is 10.4. The normalized spacial score (nSPS) is 29.6. The highest BCUT2D eigenvalue weighted by Gasteiger charge is 2.49. The number of esters is 1. The highest BCUT2D eigenvalue weighted by Crippen LogP contribution is 2.37. The average molecular weight is 400 g/mol. The molecule has 0 aromatic heterocycles. The van der Waals surface area contributed by atoms with Crippen molar-refractivity contribution >= 4 is 17.8 Å². The second kappa shape index (κ2) is 8.14. The summed E-state index contributed by atoms with van der Waals surface area (Å²) in [5.41, 5.74) is 0.587. The largest absolute Gasteiger partial charge is 0.469 e. The van der Waals surface area contributed by atoms with Crippen molar-refractivity contribution in [3.05, 3.63) is 35.9 Å². The summed E-state index contributed by atoms with van der Waals surface area (Å²) in [6.07, 6.45) is 2.57. The predicted molar refractivity (Wildman–Crippen MR) is 104 cm³/mol. The summed E-state index contributed by atoms with van der Waals surface area (Å²) in [6.45, 7) is 0.975. The Bertz CT molecular complexity index is 783. The smallest absolute Gasteiger partial charge is 0.308 e. The Morgan fingerprint density at radius 3 is 2.31 bits per heavy atom. The van der Waals surface area contributed by atoms with Crippen LogP contribution < -0.4 is 0 Å². The molecule has 4 rings (SSSR count). The Hall–Kier alpha value is -2.41. The van der Waals surface area contributed by atoms with Gasteiger partial charge in [0.2, 0.25) is 5.91 Å². The van der Waals surface area contributed by atoms with Crippen molar-refractivity contribution < 1.29 is 24.2 Å². The number of methoxy groups -OCH3 is 1. The molecular formula is C22H28N2O5. The number of hydrogen-bond acceptors (Lipinski definition) is 5. The lowest BCUT2D eigenvalue weighted by atomic mass is 9.80. The fourth-order valence-corrected chi connectivity index (χ4v) is 5.17. The molecule has 7 nitrogen and oxygen atoms in total. The van der Waals surface area contributed by atoms with Gasteiger partial charge in [-0.2, -0.15) is 0 Å². The van der Waals surface area contributed by atoms with Gasteiger partial charge in [0.05, 0.1) is 25.1 Å². The van der Waals surface area contributed by atoms with E-state index in [1.807, 2.05) is 11.0 Å². The molecule has 3 aliphatic rings. The molecule has 1 saturated carbocycles. The first-order valence-electron chi connectivity index (χ1n) is 10.4. The number of rotatable bonds is 4. The van der Waals surface area contributed by atoms with Crippen LogP contribution in [0.2, 0.25) is 0 Å². The molecule has 2 heterocycles. The van der Waals surface area contributed by atoms with Crippen LogP contribution in [0.1, 0.15) is 43.8 Å². The molecule has 3 fully saturated rings. The Morgan fingerprint density at radius 2 is 1.66 bits per heavy atom. The van der Waals surface area contributed by atoms with Crippen molar-refractivity contribution in [1.29, 1.82) is 0 Å². The Labute approximate surface area is 170 Å². The molecule has 1 aromatic rings. The highest BCUT2D eigenvalue weighted by atomic mass is 16.5. The molecule has 7 heteroatoms. The zero-order valence-corrected chi connectivity index (χ0v) is 16.7. The number of benzene rings is 1. The van der Waals surface area contributed by atoms with Crippen LogP contribution in [0.15, 0.2) is 30.3 Å². The van der Waals surface area contributed by atoms with Gasteiger partial charge in [-0.25, -0.2) is 0 Å². The molecule has 5 atom stereocenters. The number of aliphatic hydroxyl groups is 1. The maximum absolute atomic E-state index is 13.1. The van der Waals surface area contributed by atoms with E-state index in [9.17, 15) is 19.5 Å². The van der Waals surface area contributed by atoms with E-state index in [1.54, 1.807) is 29.2 Å². The molecule has 1 N–H and O–H groups in total. The molecule has 156 valence electrons. The number of aliphatic hydroxyl groups excluding tert-OH is 1. The molecule has 1 aliphatic carbocycles. The van der Waals surface area contributed by atoms with Gasteiger partial charge in [0, 0.05) is 19.0 Å². The maximum Gasteiger partial charge on any atom is 0.308 e. The number of likely N-dealkylation sites (tertiary alicyclic amines) is 2. The van der Waals surface area contributed by atoms with E-state index in [1.165, 1.54) is 7.11 Å². The predicted octanol–water partition coefficient (Wildman–Crippen LogP) is 1.51. The standard InChI is InChI=1S/C22H28N2O5/c1-29-22(28)16-9-5-8-15(10-16)20(26)23-12-18-11-17(23)13-24(18)21(27)19(25)14-6-3-2-4-7-14/h2-4,6-7,15-19,25H,5,8-13H2,1H3/t15-,16+,17+,18+,19-/m1/s1. The van der Waals surface area contributed by atoms with Crippen LogP contribution in [0.5, 0.6) is 0 Å². The molecule has 0 unspecified atom stereocenters. The SMILES string of the molecule is COC(=O)[C@H]1CCC[C@@H](C(=O)N2C[C@@H]3C[C@H]2CN3C(=O)[C@H](O)c2ccccc2)C1. The molecule has 2 bridgehead atoms. The van der Waals surface area contributed by atoms with Crippen LogP contribution in [-0.2, 0) is 19.1 Å². The van der Waals surface area contributed by atoms with Crippen LogP contribution in [0.4, 0.5) is 0 Å². The van der Waals surface area contributed by atoms with Crippen molar-refractivity contribution in [2.75, 3.05) is 20.2 Å². The average Bonchev–Trinajstić information content (AvgIpc) is 3.39. The Balaban J connectivity index is 1.37. The van der Waals surface area contributed by atoms with Gasteiger partial charge in [-0.3, -0.25) is 14.4 Å². The number of ether oxygens (including phenoxy) is 1. The number of hydrogen-bond donors (Lipinski definition) is 1. The van der Waals surface area contributed by atoms with Gasteiger partial charge in [0.15, 0.2) is 6.10 Å². The summed E-state index contributed by atoms with van der Waals surface area (Å²) in [5, 5.41) is 10.4. The van der Waals surface area contributed by atoms with Gasteiger partial charge in [-0.1, -0.05) is 36.8 Å². The van der Waals surface area contributed by atoms with E-state index in [4.69, 9.17) is 4.74 Å². The van der Waals surface area contributed by atoms with Crippen LogP contribution in [0.25, 0.3) is 0 Å². The minimum Gasteiger partial charge on any atom is -0.469 e. The van der Waals surface area contributed by atoms with Crippen molar-refractivity contribution in [2.45, 2.75) is 50.3 Å². The van der Waals surface area contributed by atoms with Crippen LogP contribution in [-0.4, -0.2) is 65.0 Å². The fourth-order valence-electron chi connectivity index (χ4n) is 5.17. The molecule has 1 aromatic carbocycles. The van der Waals surface area contributed by atoms with E-state index in [-0.39, 0.29) is 41.7 Å². The van der Waals surface area contributed by atoms with E-state index in [0.717, 1.165) is 25.7 Å². The number of carbonyl (C=O) groups excluding carboxylic acids is 3. The zero-order chi connectivity index (χ0) is 20.5. The molecule has 2 amide bonds. The van der Waals surface area contributed by atoms with E-state index in [0.29, 0.717) is 25.1 Å². The van der Waals surface area contributed by atoms with E-state index < -0.39 is 6.10 Å². The second-order valence-corrected chi connectivity index (χ2v) is 8.42. The van der Waals surface area contributed by atoms with Crippen molar-refractivity contribution in [1.82, 2.24) is 9.80 Å². The third kappa shape index (κ3) is 3.75. The van der Waals surface area contributed by atoms with Crippen molar-refractivity contribution in [2.24, 2.45) is 11.8 Å². The van der Waals surface area contributed by atoms with E-state index in [2.05, 4.69) is 0 Å². The Kier molecular flexibility index (Phi) is 5.58. The molecular weight excluding hydrogens is 372 g/mol. The number of amides is 2. The Morgan fingerprint density at radius 1 is 1.00 bits per heavy atom.